The van der Waals surface area contributed by atoms with Crippen LogP contribution >= 0.6 is 0 Å². The van der Waals surface area contributed by atoms with Gasteiger partial charge in [-0.2, -0.15) is 0 Å². The predicted octanol–water partition coefficient (Wildman–Crippen LogP) is 0.868. The molecule has 0 aromatic carbocycles. The van der Waals surface area contributed by atoms with Gasteiger partial charge in [0.15, 0.2) is 0 Å². The van der Waals surface area contributed by atoms with Crippen LogP contribution in [0.5, 0.6) is 0 Å². The molecule has 76 valence electrons. The molecule has 1 fully saturated rings. The smallest absolute Gasteiger partial charge is 0.145 e. The Morgan fingerprint density at radius 3 is 2.57 bits per heavy atom. The van der Waals surface area contributed by atoms with Crippen molar-refractivity contribution >= 4 is 5.82 Å². The fourth-order valence-corrected chi connectivity index (χ4v) is 1.96. The van der Waals surface area contributed by atoms with Gasteiger partial charge in [0.25, 0.3) is 0 Å². The molecule has 4 heteroatoms. The van der Waals surface area contributed by atoms with E-state index >= 15 is 0 Å². The first kappa shape index (κ1) is 9.40. The highest BCUT2D eigenvalue weighted by Gasteiger charge is 2.21. The van der Waals surface area contributed by atoms with E-state index in [1.807, 2.05) is 0 Å². The second kappa shape index (κ2) is 3.92. The van der Waals surface area contributed by atoms with E-state index in [-0.39, 0.29) is 0 Å². The molecule has 1 aliphatic heterocycles. The van der Waals surface area contributed by atoms with E-state index in [1.165, 1.54) is 0 Å². The van der Waals surface area contributed by atoms with Crippen LogP contribution in [0.25, 0.3) is 0 Å². The Balaban J connectivity index is 2.12. The number of hydrogen-bond donors (Lipinski definition) is 1. The fourth-order valence-electron chi connectivity index (χ4n) is 1.96. The van der Waals surface area contributed by atoms with Crippen LogP contribution in [0.2, 0.25) is 0 Å². The van der Waals surface area contributed by atoms with Crippen molar-refractivity contribution in [1.82, 2.24) is 14.9 Å². The minimum Gasteiger partial charge on any atom is -0.382 e. The largest absolute Gasteiger partial charge is 0.382 e. The number of likely N-dealkylation sites (tertiary alicyclic amines) is 1. The van der Waals surface area contributed by atoms with Crippen molar-refractivity contribution in [3.8, 4) is 0 Å². The van der Waals surface area contributed by atoms with Crippen LogP contribution in [-0.4, -0.2) is 35.0 Å². The zero-order valence-corrected chi connectivity index (χ0v) is 8.48. The van der Waals surface area contributed by atoms with Crippen LogP contribution in [0, 0.1) is 0 Å². The maximum absolute atomic E-state index is 5.80. The average molecular weight is 192 g/mol. The number of hydrogen-bond acceptors (Lipinski definition) is 4. The lowest BCUT2D eigenvalue weighted by Gasteiger charge is -2.28. The summed E-state index contributed by atoms with van der Waals surface area (Å²) in [6, 6.07) is 0. The van der Waals surface area contributed by atoms with Crippen LogP contribution in [0.1, 0.15) is 24.5 Å². The lowest BCUT2D eigenvalue weighted by molar-refractivity contribution is 0.253. The van der Waals surface area contributed by atoms with Crippen molar-refractivity contribution < 1.29 is 0 Å². The summed E-state index contributed by atoms with van der Waals surface area (Å²) in [6.45, 7) is 2.25. The van der Waals surface area contributed by atoms with Gasteiger partial charge in [0.05, 0.1) is 5.69 Å². The molecule has 4 nitrogen and oxygen atoms in total. The summed E-state index contributed by atoms with van der Waals surface area (Å²) in [6.07, 6.45) is 5.65. The maximum Gasteiger partial charge on any atom is 0.145 e. The van der Waals surface area contributed by atoms with E-state index in [1.54, 1.807) is 12.4 Å². The van der Waals surface area contributed by atoms with Crippen LogP contribution in [-0.2, 0) is 0 Å². The average Bonchev–Trinajstić information content (AvgIpc) is 2.20. The summed E-state index contributed by atoms with van der Waals surface area (Å²) in [5.41, 5.74) is 6.79. The molecule has 1 aromatic heterocycles. The molecule has 1 saturated heterocycles. The highest BCUT2D eigenvalue weighted by Crippen LogP contribution is 2.28. The Morgan fingerprint density at radius 2 is 1.93 bits per heavy atom. The molecular weight excluding hydrogens is 176 g/mol. The van der Waals surface area contributed by atoms with Gasteiger partial charge < -0.3 is 10.6 Å². The van der Waals surface area contributed by atoms with E-state index in [0.29, 0.717) is 11.7 Å². The maximum atomic E-state index is 5.80. The molecular formula is C10H16N4. The minimum atomic E-state index is 0.500. The van der Waals surface area contributed by atoms with Gasteiger partial charge in [0.2, 0.25) is 0 Å². The summed E-state index contributed by atoms with van der Waals surface area (Å²) in [5, 5.41) is 0. The first-order valence-electron chi connectivity index (χ1n) is 5.02. The molecule has 2 rings (SSSR count). The lowest BCUT2D eigenvalue weighted by atomic mass is 9.93. The fraction of sp³-hybridized carbons (Fsp3) is 0.600. The molecule has 2 heterocycles. The lowest BCUT2D eigenvalue weighted by Crippen LogP contribution is -2.29. The third-order valence-corrected chi connectivity index (χ3v) is 2.86. The van der Waals surface area contributed by atoms with Gasteiger partial charge in [-0.25, -0.2) is 4.98 Å². The van der Waals surface area contributed by atoms with E-state index in [9.17, 15) is 0 Å². The van der Waals surface area contributed by atoms with Crippen molar-refractivity contribution in [3.05, 3.63) is 18.1 Å². The second-order valence-corrected chi connectivity index (χ2v) is 3.90. The third kappa shape index (κ3) is 1.85. The molecule has 1 aliphatic rings. The topological polar surface area (TPSA) is 55.0 Å². The molecule has 0 saturated carbocycles. The Kier molecular flexibility index (Phi) is 2.63. The third-order valence-electron chi connectivity index (χ3n) is 2.86. The molecule has 1 aromatic rings. The molecule has 0 amide bonds. The quantitative estimate of drug-likeness (QED) is 0.717. The van der Waals surface area contributed by atoms with Gasteiger partial charge >= 0.3 is 0 Å². The van der Waals surface area contributed by atoms with Crippen LogP contribution < -0.4 is 5.73 Å². The van der Waals surface area contributed by atoms with Gasteiger partial charge in [-0.1, -0.05) is 0 Å². The number of nitrogens with zero attached hydrogens (tertiary/aromatic N) is 3. The molecule has 0 atom stereocenters. The van der Waals surface area contributed by atoms with Gasteiger partial charge in [-0.15, -0.1) is 0 Å². The molecule has 0 radical (unpaired) electrons. The van der Waals surface area contributed by atoms with Crippen LogP contribution in [0.3, 0.4) is 0 Å². The SMILES string of the molecule is CN1CCC(c2nccnc2N)CC1. The van der Waals surface area contributed by atoms with E-state index in [2.05, 4.69) is 21.9 Å². The number of aromatic nitrogens is 2. The normalized spacial score (nSPS) is 19.8. The summed E-state index contributed by atoms with van der Waals surface area (Å²) < 4.78 is 0. The molecule has 0 bridgehead atoms. The number of nitrogens with two attached hydrogens (primary N) is 1. The standard InChI is InChI=1S/C10H16N4/c1-14-6-2-8(3-7-14)9-10(11)13-5-4-12-9/h4-5,8H,2-3,6-7H2,1H3,(H2,11,13). The highest BCUT2D eigenvalue weighted by atomic mass is 15.1. The number of anilines is 1. The van der Waals surface area contributed by atoms with E-state index in [4.69, 9.17) is 5.73 Å². The Hall–Kier alpha value is -1.16. The van der Waals surface area contributed by atoms with Gasteiger partial charge in [0.1, 0.15) is 5.82 Å². The van der Waals surface area contributed by atoms with Crippen LogP contribution in [0.4, 0.5) is 5.82 Å². The highest BCUT2D eigenvalue weighted by molar-refractivity contribution is 5.35. The van der Waals surface area contributed by atoms with Gasteiger partial charge in [-0.05, 0) is 33.0 Å². The monoisotopic (exact) mass is 192 g/mol. The first-order chi connectivity index (χ1) is 6.77. The second-order valence-electron chi connectivity index (χ2n) is 3.90. The summed E-state index contributed by atoms with van der Waals surface area (Å²) in [7, 11) is 2.15. The Bertz CT molecular complexity index is 305. The Morgan fingerprint density at radius 1 is 1.29 bits per heavy atom. The Labute approximate surface area is 84.2 Å². The molecule has 0 unspecified atom stereocenters. The minimum absolute atomic E-state index is 0.500. The summed E-state index contributed by atoms with van der Waals surface area (Å²) in [5.74, 6) is 1.10. The molecule has 14 heavy (non-hydrogen) atoms. The number of piperidine rings is 1. The van der Waals surface area contributed by atoms with Crippen molar-refractivity contribution in [2.24, 2.45) is 0 Å². The molecule has 2 N–H and O–H groups in total. The molecule has 0 aliphatic carbocycles. The van der Waals surface area contributed by atoms with Gasteiger partial charge in [0, 0.05) is 18.3 Å². The van der Waals surface area contributed by atoms with Gasteiger partial charge in [-0.3, -0.25) is 4.98 Å². The number of rotatable bonds is 1. The number of nitrogen functional groups attached to an aromatic ring is 1. The molecule has 0 spiro atoms. The summed E-state index contributed by atoms with van der Waals surface area (Å²) >= 11 is 0. The van der Waals surface area contributed by atoms with E-state index < -0.39 is 0 Å². The van der Waals surface area contributed by atoms with E-state index in [0.717, 1.165) is 31.6 Å². The summed E-state index contributed by atoms with van der Waals surface area (Å²) in [4.78, 5) is 10.7. The van der Waals surface area contributed by atoms with Crippen LogP contribution in [0.15, 0.2) is 12.4 Å². The van der Waals surface area contributed by atoms with Crippen molar-refractivity contribution in [3.63, 3.8) is 0 Å². The van der Waals surface area contributed by atoms with Crippen molar-refractivity contribution in [2.45, 2.75) is 18.8 Å². The first-order valence-corrected chi connectivity index (χ1v) is 5.02. The van der Waals surface area contributed by atoms with Crippen molar-refractivity contribution in [1.29, 1.82) is 0 Å². The zero-order chi connectivity index (χ0) is 9.97. The van der Waals surface area contributed by atoms with Crippen molar-refractivity contribution in [2.75, 3.05) is 25.9 Å². The predicted molar refractivity (Wildman–Crippen MR) is 55.9 cm³/mol. The zero-order valence-electron chi connectivity index (χ0n) is 8.48.